The van der Waals surface area contributed by atoms with Crippen molar-refractivity contribution in [3.05, 3.63) is 29.8 Å². The molecule has 0 N–H and O–H groups in total. The standard InChI is InChI=1S/C14H16O4S.C2H6/c1-9(15)12(14(17)18-2)8-13(16)10-4-6-11(19-3)7-5-10;1-2/h4-7,12H,8H2,1-3H3;1-2H3. The average Bonchev–Trinajstić information content (AvgIpc) is 2.53. The van der Waals surface area contributed by atoms with Crippen LogP contribution in [0.2, 0.25) is 0 Å². The van der Waals surface area contributed by atoms with Crippen LogP contribution in [0.1, 0.15) is 37.6 Å². The summed E-state index contributed by atoms with van der Waals surface area (Å²) in [7, 11) is 1.20. The molecule has 1 atom stereocenters. The van der Waals surface area contributed by atoms with Crippen LogP contribution in [-0.2, 0) is 14.3 Å². The Kier molecular flexibility index (Phi) is 9.37. The summed E-state index contributed by atoms with van der Waals surface area (Å²) in [5.41, 5.74) is 0.493. The molecule has 4 nitrogen and oxygen atoms in total. The van der Waals surface area contributed by atoms with Crippen LogP contribution in [0.4, 0.5) is 0 Å². The molecule has 0 fully saturated rings. The highest BCUT2D eigenvalue weighted by Crippen LogP contribution is 2.18. The highest BCUT2D eigenvalue weighted by atomic mass is 32.2. The topological polar surface area (TPSA) is 60.4 Å². The molecule has 1 aromatic carbocycles. The molecule has 5 heteroatoms. The van der Waals surface area contributed by atoms with Crippen LogP contribution >= 0.6 is 11.8 Å². The van der Waals surface area contributed by atoms with Crippen molar-refractivity contribution in [1.82, 2.24) is 0 Å². The van der Waals surface area contributed by atoms with Crippen molar-refractivity contribution >= 4 is 29.3 Å². The molecule has 1 rings (SSSR count). The number of benzene rings is 1. The maximum Gasteiger partial charge on any atom is 0.316 e. The van der Waals surface area contributed by atoms with Crippen molar-refractivity contribution in [1.29, 1.82) is 0 Å². The molecule has 0 aliphatic carbocycles. The number of methoxy groups -OCH3 is 1. The molecule has 21 heavy (non-hydrogen) atoms. The fourth-order valence-electron chi connectivity index (χ4n) is 1.62. The van der Waals surface area contributed by atoms with Crippen LogP contribution in [0.3, 0.4) is 0 Å². The van der Waals surface area contributed by atoms with E-state index in [-0.39, 0.29) is 18.0 Å². The third kappa shape index (κ3) is 6.12. The van der Waals surface area contributed by atoms with Gasteiger partial charge in [0.05, 0.1) is 7.11 Å². The minimum absolute atomic E-state index is 0.152. The van der Waals surface area contributed by atoms with Gasteiger partial charge in [-0.15, -0.1) is 11.8 Å². The van der Waals surface area contributed by atoms with E-state index in [1.807, 2.05) is 32.2 Å². The van der Waals surface area contributed by atoms with Crippen molar-refractivity contribution < 1.29 is 19.1 Å². The first kappa shape index (κ1) is 19.4. The van der Waals surface area contributed by atoms with Gasteiger partial charge in [-0.1, -0.05) is 26.0 Å². The van der Waals surface area contributed by atoms with Gasteiger partial charge in [-0.05, 0) is 25.3 Å². The predicted octanol–water partition coefficient (Wildman–Crippen LogP) is 3.39. The summed E-state index contributed by atoms with van der Waals surface area (Å²) in [6.45, 7) is 5.28. The molecule has 0 bridgehead atoms. The fraction of sp³-hybridized carbons (Fsp3) is 0.438. The van der Waals surface area contributed by atoms with Gasteiger partial charge >= 0.3 is 5.97 Å². The molecule has 0 aliphatic heterocycles. The zero-order valence-corrected chi connectivity index (χ0v) is 14.0. The quantitative estimate of drug-likeness (QED) is 0.349. The highest BCUT2D eigenvalue weighted by Gasteiger charge is 2.27. The number of ketones is 2. The first-order valence-electron chi connectivity index (χ1n) is 6.75. The van der Waals surface area contributed by atoms with Crippen molar-refractivity contribution in [2.24, 2.45) is 5.92 Å². The molecule has 116 valence electrons. The number of hydrogen-bond donors (Lipinski definition) is 0. The third-order valence-corrected chi connectivity index (χ3v) is 3.52. The molecular weight excluding hydrogens is 288 g/mol. The summed E-state index contributed by atoms with van der Waals surface area (Å²) in [4.78, 5) is 35.8. The van der Waals surface area contributed by atoms with Gasteiger partial charge in [-0.3, -0.25) is 14.4 Å². The first-order chi connectivity index (χ1) is 9.99. The van der Waals surface area contributed by atoms with Crippen LogP contribution in [-0.4, -0.2) is 30.9 Å². The number of carbonyl (C=O) groups is 3. The molecule has 0 amide bonds. The minimum atomic E-state index is -1.02. The van der Waals surface area contributed by atoms with Crippen molar-refractivity contribution in [3.8, 4) is 0 Å². The zero-order valence-electron chi connectivity index (χ0n) is 13.1. The van der Waals surface area contributed by atoms with Gasteiger partial charge < -0.3 is 4.74 Å². The Morgan fingerprint density at radius 1 is 1.14 bits per heavy atom. The molecule has 0 aromatic heterocycles. The van der Waals surface area contributed by atoms with Crippen molar-refractivity contribution in [2.45, 2.75) is 32.1 Å². The largest absolute Gasteiger partial charge is 0.468 e. The van der Waals surface area contributed by atoms with Crippen LogP contribution < -0.4 is 0 Å². The maximum absolute atomic E-state index is 12.0. The van der Waals surface area contributed by atoms with E-state index in [2.05, 4.69) is 4.74 Å². The number of esters is 1. The van der Waals surface area contributed by atoms with Crippen LogP contribution in [0.15, 0.2) is 29.2 Å². The molecule has 0 saturated carbocycles. The van der Waals surface area contributed by atoms with E-state index in [9.17, 15) is 14.4 Å². The molecule has 0 aliphatic rings. The molecule has 1 unspecified atom stereocenters. The van der Waals surface area contributed by atoms with Crippen molar-refractivity contribution in [3.63, 3.8) is 0 Å². The van der Waals surface area contributed by atoms with E-state index in [4.69, 9.17) is 0 Å². The second-order valence-corrected chi connectivity index (χ2v) is 4.92. The smallest absolute Gasteiger partial charge is 0.316 e. The molecular formula is C16H22O4S. The Labute approximate surface area is 130 Å². The molecule has 0 radical (unpaired) electrons. The van der Waals surface area contributed by atoms with E-state index < -0.39 is 11.9 Å². The lowest BCUT2D eigenvalue weighted by atomic mass is 9.95. The van der Waals surface area contributed by atoms with Crippen LogP contribution in [0.5, 0.6) is 0 Å². The van der Waals surface area contributed by atoms with E-state index in [0.29, 0.717) is 5.56 Å². The number of hydrogen-bond acceptors (Lipinski definition) is 5. The Morgan fingerprint density at radius 3 is 2.05 bits per heavy atom. The Morgan fingerprint density at radius 2 is 1.67 bits per heavy atom. The number of thioether (sulfide) groups is 1. The second-order valence-electron chi connectivity index (χ2n) is 4.04. The van der Waals surface area contributed by atoms with Gasteiger partial charge in [0.2, 0.25) is 0 Å². The van der Waals surface area contributed by atoms with Crippen molar-refractivity contribution in [2.75, 3.05) is 13.4 Å². The summed E-state index contributed by atoms with van der Waals surface area (Å²) < 4.78 is 4.53. The average molecular weight is 310 g/mol. The lowest BCUT2D eigenvalue weighted by Gasteiger charge is -2.10. The molecule has 1 aromatic rings. The summed E-state index contributed by atoms with van der Waals surface area (Å²) in [6, 6.07) is 7.06. The fourth-order valence-corrected chi connectivity index (χ4v) is 2.02. The predicted molar refractivity (Wildman–Crippen MR) is 84.7 cm³/mol. The normalized spacial score (nSPS) is 10.9. The van der Waals surface area contributed by atoms with Gasteiger partial charge in [-0.25, -0.2) is 0 Å². The monoisotopic (exact) mass is 310 g/mol. The Hall–Kier alpha value is -1.62. The summed E-state index contributed by atoms with van der Waals surface area (Å²) in [6.07, 6.45) is 1.79. The SMILES string of the molecule is CC.COC(=O)C(CC(=O)c1ccc(SC)cc1)C(C)=O. The van der Waals surface area contributed by atoms with E-state index in [1.54, 1.807) is 23.9 Å². The lowest BCUT2D eigenvalue weighted by molar-refractivity contribution is -0.148. The third-order valence-electron chi connectivity index (χ3n) is 2.78. The summed E-state index contributed by atoms with van der Waals surface area (Å²) in [5.74, 6) is -2.28. The highest BCUT2D eigenvalue weighted by molar-refractivity contribution is 7.98. The van der Waals surface area contributed by atoms with Crippen LogP contribution in [0.25, 0.3) is 0 Å². The summed E-state index contributed by atoms with van der Waals surface area (Å²) in [5, 5.41) is 0. The number of Topliss-reactive ketones (excluding diaryl/α,β-unsaturated/α-hetero) is 2. The zero-order chi connectivity index (χ0) is 16.4. The number of carbonyl (C=O) groups excluding carboxylic acids is 3. The maximum atomic E-state index is 12.0. The molecule has 0 saturated heterocycles. The molecule has 0 heterocycles. The van der Waals surface area contributed by atoms with E-state index in [0.717, 1.165) is 4.90 Å². The Bertz CT molecular complexity index is 480. The van der Waals surface area contributed by atoms with Gasteiger partial charge in [0.1, 0.15) is 11.7 Å². The minimum Gasteiger partial charge on any atom is -0.468 e. The van der Waals surface area contributed by atoms with E-state index in [1.165, 1.54) is 14.0 Å². The van der Waals surface area contributed by atoms with Gasteiger partial charge in [0.25, 0.3) is 0 Å². The van der Waals surface area contributed by atoms with Crippen LogP contribution in [0, 0.1) is 5.92 Å². The number of rotatable bonds is 6. The van der Waals surface area contributed by atoms with E-state index >= 15 is 0 Å². The lowest BCUT2D eigenvalue weighted by Crippen LogP contribution is -2.26. The Balaban J connectivity index is 0.00000191. The number of ether oxygens (including phenoxy) is 1. The summed E-state index contributed by atoms with van der Waals surface area (Å²) >= 11 is 1.58. The van der Waals surface area contributed by atoms with Gasteiger partial charge in [-0.2, -0.15) is 0 Å². The first-order valence-corrected chi connectivity index (χ1v) is 7.97. The van der Waals surface area contributed by atoms with Gasteiger partial charge in [0.15, 0.2) is 5.78 Å². The molecule has 0 spiro atoms. The van der Waals surface area contributed by atoms with Gasteiger partial charge in [0, 0.05) is 16.9 Å². The second kappa shape index (κ2) is 10.2.